The van der Waals surface area contributed by atoms with Crippen LogP contribution in [0.15, 0.2) is 23.1 Å². The Morgan fingerprint density at radius 1 is 1.30 bits per heavy atom. The molecule has 0 saturated carbocycles. The van der Waals surface area contributed by atoms with E-state index >= 15 is 0 Å². The molecule has 1 aromatic carbocycles. The Bertz CT molecular complexity index is 571. The lowest BCUT2D eigenvalue weighted by Gasteiger charge is -2.16. The first kappa shape index (κ1) is 16.6. The minimum Gasteiger partial charge on any atom is -0.491 e. The molecular formula is C11H15F3N2O3S. The van der Waals surface area contributed by atoms with Crippen LogP contribution in [-0.2, 0) is 10.0 Å². The number of nitrogens with two attached hydrogens (primary N) is 1. The van der Waals surface area contributed by atoms with Crippen molar-refractivity contribution in [1.29, 1.82) is 0 Å². The van der Waals surface area contributed by atoms with Crippen molar-refractivity contribution in [3.8, 4) is 5.75 Å². The molecule has 9 heteroatoms. The number of ether oxygens (including phenoxy) is 1. The van der Waals surface area contributed by atoms with Crippen LogP contribution in [0.2, 0.25) is 0 Å². The summed E-state index contributed by atoms with van der Waals surface area (Å²) in [5, 5.41) is 0. The SMILES string of the molecule is CN(C)S(=O)(=O)c1cccc(OCCC(F)(F)F)c1N. The van der Waals surface area contributed by atoms with E-state index in [0.29, 0.717) is 0 Å². The second-order valence-electron chi connectivity index (χ2n) is 4.17. The molecule has 2 N–H and O–H groups in total. The van der Waals surface area contributed by atoms with Gasteiger partial charge in [-0.15, -0.1) is 0 Å². The summed E-state index contributed by atoms with van der Waals surface area (Å²) in [7, 11) is -1.13. The summed E-state index contributed by atoms with van der Waals surface area (Å²) in [4.78, 5) is -0.202. The lowest BCUT2D eigenvalue weighted by Crippen LogP contribution is -2.23. The highest BCUT2D eigenvalue weighted by molar-refractivity contribution is 7.89. The third-order valence-corrected chi connectivity index (χ3v) is 4.30. The molecular weight excluding hydrogens is 297 g/mol. The molecule has 0 unspecified atom stereocenters. The minimum absolute atomic E-state index is 0.0859. The summed E-state index contributed by atoms with van der Waals surface area (Å²) in [6, 6.07) is 3.94. The Morgan fingerprint density at radius 2 is 1.90 bits per heavy atom. The number of hydrogen-bond donors (Lipinski definition) is 1. The van der Waals surface area contributed by atoms with Crippen molar-refractivity contribution >= 4 is 15.7 Å². The fourth-order valence-corrected chi connectivity index (χ4v) is 2.37. The van der Waals surface area contributed by atoms with Gasteiger partial charge in [-0.3, -0.25) is 0 Å². The van der Waals surface area contributed by atoms with Gasteiger partial charge in [0.05, 0.1) is 18.7 Å². The maximum absolute atomic E-state index is 12.0. The molecule has 0 atom stereocenters. The molecule has 0 aromatic heterocycles. The first-order valence-electron chi connectivity index (χ1n) is 5.56. The van der Waals surface area contributed by atoms with E-state index in [1.807, 2.05) is 0 Å². The molecule has 0 saturated heterocycles. The van der Waals surface area contributed by atoms with Crippen molar-refractivity contribution in [2.45, 2.75) is 17.5 Å². The van der Waals surface area contributed by atoms with Crippen LogP contribution in [0.4, 0.5) is 18.9 Å². The van der Waals surface area contributed by atoms with Crippen molar-refractivity contribution in [1.82, 2.24) is 4.31 Å². The summed E-state index contributed by atoms with van der Waals surface area (Å²) in [5.74, 6) is -0.0859. The fraction of sp³-hybridized carbons (Fsp3) is 0.455. The zero-order valence-corrected chi connectivity index (χ0v) is 11.8. The summed E-state index contributed by atoms with van der Waals surface area (Å²) in [5.41, 5.74) is 5.44. The van der Waals surface area contributed by atoms with Gasteiger partial charge in [0.2, 0.25) is 10.0 Å². The van der Waals surface area contributed by atoms with Crippen LogP contribution < -0.4 is 10.5 Å². The van der Waals surface area contributed by atoms with Crippen molar-refractivity contribution in [3.05, 3.63) is 18.2 Å². The van der Waals surface area contributed by atoms with Gasteiger partial charge < -0.3 is 10.5 Å². The van der Waals surface area contributed by atoms with E-state index in [2.05, 4.69) is 0 Å². The molecule has 0 amide bonds. The van der Waals surface area contributed by atoms with Crippen LogP contribution in [0.3, 0.4) is 0 Å². The van der Waals surface area contributed by atoms with E-state index in [1.165, 1.54) is 32.3 Å². The van der Waals surface area contributed by atoms with Gasteiger partial charge in [0.1, 0.15) is 10.6 Å². The number of nitrogen functional groups attached to an aromatic ring is 1. The number of anilines is 1. The normalized spacial score (nSPS) is 12.7. The molecule has 0 radical (unpaired) electrons. The Balaban J connectivity index is 2.97. The van der Waals surface area contributed by atoms with Gasteiger partial charge in [-0.05, 0) is 12.1 Å². The third kappa shape index (κ3) is 4.01. The van der Waals surface area contributed by atoms with Crippen molar-refractivity contribution in [3.63, 3.8) is 0 Å². The van der Waals surface area contributed by atoms with Crippen LogP contribution in [-0.4, -0.2) is 39.6 Å². The summed E-state index contributed by atoms with van der Waals surface area (Å²) in [6.45, 7) is -0.626. The highest BCUT2D eigenvalue weighted by Gasteiger charge is 2.27. The summed E-state index contributed by atoms with van der Waals surface area (Å²) < 4.78 is 65.8. The smallest absolute Gasteiger partial charge is 0.392 e. The summed E-state index contributed by atoms with van der Waals surface area (Å²) in [6.07, 6.45) is -5.49. The molecule has 0 spiro atoms. The van der Waals surface area contributed by atoms with Crippen LogP contribution in [0.25, 0.3) is 0 Å². The van der Waals surface area contributed by atoms with Crippen molar-refractivity contribution < 1.29 is 26.3 Å². The quantitative estimate of drug-likeness (QED) is 0.842. The molecule has 1 aromatic rings. The molecule has 20 heavy (non-hydrogen) atoms. The van der Waals surface area contributed by atoms with E-state index < -0.39 is 29.2 Å². The van der Waals surface area contributed by atoms with Crippen LogP contribution in [0.5, 0.6) is 5.75 Å². The van der Waals surface area contributed by atoms with Gasteiger partial charge in [0.15, 0.2) is 0 Å². The van der Waals surface area contributed by atoms with Crippen molar-refractivity contribution in [2.75, 3.05) is 26.4 Å². The summed E-state index contributed by atoms with van der Waals surface area (Å²) >= 11 is 0. The Kier molecular flexibility index (Phi) is 4.87. The predicted molar refractivity (Wildman–Crippen MR) is 67.9 cm³/mol. The van der Waals surface area contributed by atoms with Gasteiger partial charge in [0, 0.05) is 14.1 Å². The number of nitrogens with zero attached hydrogens (tertiary/aromatic N) is 1. The molecule has 0 heterocycles. The molecule has 5 nitrogen and oxygen atoms in total. The predicted octanol–water partition coefficient (Wildman–Crippen LogP) is 1.85. The maximum atomic E-state index is 12.0. The van der Waals surface area contributed by atoms with Crippen molar-refractivity contribution in [2.24, 2.45) is 0 Å². The average Bonchev–Trinajstić information content (AvgIpc) is 2.29. The van der Waals surface area contributed by atoms with Gasteiger partial charge in [-0.25, -0.2) is 12.7 Å². The zero-order valence-electron chi connectivity index (χ0n) is 10.9. The largest absolute Gasteiger partial charge is 0.491 e. The Morgan fingerprint density at radius 3 is 2.40 bits per heavy atom. The molecule has 0 bridgehead atoms. The Labute approximate surface area is 115 Å². The molecule has 1 rings (SSSR count). The van der Waals surface area contributed by atoms with E-state index in [-0.39, 0.29) is 16.3 Å². The number of hydrogen-bond acceptors (Lipinski definition) is 4. The second-order valence-corrected chi connectivity index (χ2v) is 6.29. The molecule has 0 fully saturated rings. The first-order chi connectivity index (χ1) is 9.05. The lowest BCUT2D eigenvalue weighted by molar-refractivity contribution is -0.139. The highest BCUT2D eigenvalue weighted by atomic mass is 32.2. The fourth-order valence-electron chi connectivity index (χ4n) is 1.35. The Hall–Kier alpha value is -1.48. The van der Waals surface area contributed by atoms with Gasteiger partial charge in [-0.1, -0.05) is 6.07 Å². The number of para-hydroxylation sites is 1. The topological polar surface area (TPSA) is 72.6 Å². The number of sulfonamides is 1. The van der Waals surface area contributed by atoms with Crippen LogP contribution in [0.1, 0.15) is 6.42 Å². The number of rotatable bonds is 5. The number of alkyl halides is 3. The van der Waals surface area contributed by atoms with Crippen LogP contribution >= 0.6 is 0 Å². The second kappa shape index (κ2) is 5.88. The first-order valence-corrected chi connectivity index (χ1v) is 7.00. The highest BCUT2D eigenvalue weighted by Crippen LogP contribution is 2.30. The number of halogens is 3. The van der Waals surface area contributed by atoms with E-state index in [1.54, 1.807) is 0 Å². The molecule has 0 aliphatic heterocycles. The lowest BCUT2D eigenvalue weighted by atomic mass is 10.3. The van der Waals surface area contributed by atoms with Crippen LogP contribution in [0, 0.1) is 0 Å². The zero-order chi connectivity index (χ0) is 15.6. The molecule has 114 valence electrons. The van der Waals surface area contributed by atoms with E-state index in [9.17, 15) is 21.6 Å². The van der Waals surface area contributed by atoms with Gasteiger partial charge in [-0.2, -0.15) is 13.2 Å². The molecule has 0 aliphatic carbocycles. The minimum atomic E-state index is -4.35. The standard InChI is InChI=1S/C11H15F3N2O3S/c1-16(2)20(17,18)9-5-3-4-8(10(9)15)19-7-6-11(12,13)14/h3-5H,6-7,15H2,1-2H3. The van der Waals surface area contributed by atoms with E-state index in [0.717, 1.165) is 4.31 Å². The van der Waals surface area contributed by atoms with E-state index in [4.69, 9.17) is 10.5 Å². The molecule has 0 aliphatic rings. The third-order valence-electron chi connectivity index (χ3n) is 2.43. The average molecular weight is 312 g/mol. The number of benzene rings is 1. The monoisotopic (exact) mass is 312 g/mol. The van der Waals surface area contributed by atoms with Gasteiger partial charge >= 0.3 is 6.18 Å². The maximum Gasteiger partial charge on any atom is 0.392 e. The van der Waals surface area contributed by atoms with Gasteiger partial charge in [0.25, 0.3) is 0 Å².